The lowest BCUT2D eigenvalue weighted by molar-refractivity contribution is -0.0427. The summed E-state index contributed by atoms with van der Waals surface area (Å²) in [6.45, 7) is 7.87. The minimum atomic E-state index is -0.648. The molecular weight excluding hydrogens is 190 g/mol. The monoisotopic (exact) mass is 215 g/mol. The number of nitrogens with zero attached hydrogens (tertiary/aromatic N) is 1. The Bertz CT molecular complexity index is 192. The Morgan fingerprint density at radius 2 is 2.07 bits per heavy atom. The van der Waals surface area contributed by atoms with Crippen molar-refractivity contribution in [2.45, 2.75) is 51.7 Å². The van der Waals surface area contributed by atoms with Crippen LogP contribution in [0.2, 0.25) is 0 Å². The van der Waals surface area contributed by atoms with Crippen molar-refractivity contribution in [3.05, 3.63) is 0 Å². The molecule has 90 valence electrons. The van der Waals surface area contributed by atoms with Crippen LogP contribution in [0.3, 0.4) is 0 Å². The molecule has 1 aliphatic rings. The van der Waals surface area contributed by atoms with E-state index >= 15 is 0 Å². The highest BCUT2D eigenvalue weighted by atomic mass is 16.3. The van der Waals surface area contributed by atoms with Crippen molar-refractivity contribution in [2.24, 2.45) is 5.92 Å². The molecule has 1 rings (SSSR count). The van der Waals surface area contributed by atoms with E-state index in [1.54, 1.807) is 0 Å². The fourth-order valence-electron chi connectivity index (χ4n) is 2.07. The zero-order chi connectivity index (χ0) is 11.5. The number of aliphatic hydroxyl groups excluding tert-OH is 1. The van der Waals surface area contributed by atoms with Crippen LogP contribution in [0.4, 0.5) is 0 Å². The molecule has 0 spiro atoms. The Hall–Kier alpha value is -0.120. The van der Waals surface area contributed by atoms with Gasteiger partial charge in [0.15, 0.2) is 0 Å². The summed E-state index contributed by atoms with van der Waals surface area (Å²) in [5, 5.41) is 19.5. The van der Waals surface area contributed by atoms with Crippen LogP contribution in [-0.4, -0.2) is 46.5 Å². The molecule has 1 heterocycles. The largest absolute Gasteiger partial charge is 0.395 e. The lowest BCUT2D eigenvalue weighted by Crippen LogP contribution is -2.51. The van der Waals surface area contributed by atoms with Crippen LogP contribution in [0.15, 0.2) is 0 Å². The zero-order valence-electron chi connectivity index (χ0n) is 10.2. The maximum absolute atomic E-state index is 10.2. The van der Waals surface area contributed by atoms with E-state index in [4.69, 9.17) is 0 Å². The van der Waals surface area contributed by atoms with Crippen LogP contribution in [0, 0.1) is 5.92 Å². The van der Waals surface area contributed by atoms with Gasteiger partial charge in [-0.25, -0.2) is 0 Å². The van der Waals surface area contributed by atoms with Gasteiger partial charge in [-0.3, -0.25) is 4.90 Å². The summed E-state index contributed by atoms with van der Waals surface area (Å²) in [4.78, 5) is 2.24. The highest BCUT2D eigenvalue weighted by molar-refractivity contribution is 4.85. The SMILES string of the molecule is CC(C)C(C)(O)CN1CCCCC1CO. The number of piperidine rings is 1. The van der Waals surface area contributed by atoms with Gasteiger partial charge in [0.2, 0.25) is 0 Å². The quantitative estimate of drug-likeness (QED) is 0.741. The summed E-state index contributed by atoms with van der Waals surface area (Å²) < 4.78 is 0. The Labute approximate surface area is 93.1 Å². The Balaban J connectivity index is 2.54. The van der Waals surface area contributed by atoms with Crippen molar-refractivity contribution in [3.8, 4) is 0 Å². The van der Waals surface area contributed by atoms with Crippen molar-refractivity contribution >= 4 is 0 Å². The van der Waals surface area contributed by atoms with Crippen molar-refractivity contribution in [2.75, 3.05) is 19.7 Å². The van der Waals surface area contributed by atoms with Gasteiger partial charge >= 0.3 is 0 Å². The maximum atomic E-state index is 10.2. The van der Waals surface area contributed by atoms with Crippen LogP contribution >= 0.6 is 0 Å². The van der Waals surface area contributed by atoms with Gasteiger partial charge in [-0.2, -0.15) is 0 Å². The molecule has 1 saturated heterocycles. The molecule has 0 radical (unpaired) electrons. The fraction of sp³-hybridized carbons (Fsp3) is 1.00. The van der Waals surface area contributed by atoms with Crippen LogP contribution in [0.25, 0.3) is 0 Å². The van der Waals surface area contributed by atoms with E-state index in [9.17, 15) is 10.2 Å². The second-order valence-corrected chi connectivity index (χ2v) is 5.31. The molecule has 2 N–H and O–H groups in total. The molecule has 1 fully saturated rings. The minimum absolute atomic E-state index is 0.216. The molecule has 2 atom stereocenters. The molecule has 3 heteroatoms. The summed E-state index contributed by atoms with van der Waals surface area (Å²) in [6, 6.07) is 0.254. The number of aliphatic hydroxyl groups is 2. The molecule has 0 aliphatic carbocycles. The lowest BCUT2D eigenvalue weighted by atomic mass is 9.90. The molecule has 15 heavy (non-hydrogen) atoms. The minimum Gasteiger partial charge on any atom is -0.395 e. The molecule has 0 aromatic carbocycles. The summed E-state index contributed by atoms with van der Waals surface area (Å²) in [7, 11) is 0. The fourth-order valence-corrected chi connectivity index (χ4v) is 2.07. The van der Waals surface area contributed by atoms with Crippen LogP contribution < -0.4 is 0 Å². The number of β-amino-alcohol motifs (C(OH)–C–C–N with tert-alkyl or cyclic N) is 1. The number of rotatable bonds is 4. The van der Waals surface area contributed by atoms with E-state index in [1.165, 1.54) is 12.8 Å². The molecule has 3 nitrogen and oxygen atoms in total. The van der Waals surface area contributed by atoms with Crippen molar-refractivity contribution in [3.63, 3.8) is 0 Å². The second kappa shape index (κ2) is 5.28. The average molecular weight is 215 g/mol. The average Bonchev–Trinajstić information content (AvgIpc) is 2.18. The summed E-state index contributed by atoms with van der Waals surface area (Å²) >= 11 is 0. The van der Waals surface area contributed by atoms with Gasteiger partial charge < -0.3 is 10.2 Å². The van der Waals surface area contributed by atoms with Crippen molar-refractivity contribution < 1.29 is 10.2 Å². The Kier molecular flexibility index (Phi) is 4.56. The number of hydrogen-bond acceptors (Lipinski definition) is 3. The number of hydrogen-bond donors (Lipinski definition) is 2. The predicted molar refractivity (Wildman–Crippen MR) is 61.8 cm³/mol. The molecule has 2 unspecified atom stereocenters. The van der Waals surface area contributed by atoms with Gasteiger partial charge in [0.1, 0.15) is 0 Å². The smallest absolute Gasteiger partial charge is 0.0768 e. The van der Waals surface area contributed by atoms with E-state index in [-0.39, 0.29) is 18.6 Å². The molecule has 0 aromatic heterocycles. The number of likely N-dealkylation sites (tertiary alicyclic amines) is 1. The van der Waals surface area contributed by atoms with Crippen LogP contribution in [0.5, 0.6) is 0 Å². The summed E-state index contributed by atoms with van der Waals surface area (Å²) in [5.41, 5.74) is -0.648. The van der Waals surface area contributed by atoms with Gasteiger partial charge in [-0.15, -0.1) is 0 Å². The third kappa shape index (κ3) is 3.44. The van der Waals surface area contributed by atoms with Gasteiger partial charge in [0.25, 0.3) is 0 Å². The van der Waals surface area contributed by atoms with Crippen LogP contribution in [0.1, 0.15) is 40.0 Å². The first-order valence-electron chi connectivity index (χ1n) is 6.04. The van der Waals surface area contributed by atoms with Crippen molar-refractivity contribution in [1.82, 2.24) is 4.90 Å². The first-order chi connectivity index (χ1) is 6.97. The maximum Gasteiger partial charge on any atom is 0.0768 e. The predicted octanol–water partition coefficient (Wildman–Crippen LogP) is 1.24. The second-order valence-electron chi connectivity index (χ2n) is 5.31. The first kappa shape index (κ1) is 12.9. The lowest BCUT2D eigenvalue weighted by Gasteiger charge is -2.40. The molecule has 0 saturated carbocycles. The molecule has 0 bridgehead atoms. The molecule has 0 amide bonds. The normalized spacial score (nSPS) is 28.0. The Morgan fingerprint density at radius 1 is 1.40 bits per heavy atom. The van der Waals surface area contributed by atoms with E-state index in [0.29, 0.717) is 6.54 Å². The summed E-state index contributed by atoms with van der Waals surface area (Å²) in [6.07, 6.45) is 3.45. The third-order valence-electron chi connectivity index (χ3n) is 3.73. The van der Waals surface area contributed by atoms with Crippen molar-refractivity contribution in [1.29, 1.82) is 0 Å². The van der Waals surface area contributed by atoms with Gasteiger partial charge in [0, 0.05) is 12.6 Å². The van der Waals surface area contributed by atoms with Gasteiger partial charge in [-0.05, 0) is 32.2 Å². The van der Waals surface area contributed by atoms with E-state index in [1.807, 2.05) is 20.8 Å². The zero-order valence-corrected chi connectivity index (χ0v) is 10.2. The van der Waals surface area contributed by atoms with E-state index in [2.05, 4.69) is 4.90 Å². The standard InChI is InChI=1S/C12H25NO2/c1-10(2)12(3,15)9-13-7-5-4-6-11(13)8-14/h10-11,14-15H,4-9H2,1-3H3. The first-order valence-corrected chi connectivity index (χ1v) is 6.04. The van der Waals surface area contributed by atoms with Gasteiger partial charge in [0.05, 0.1) is 12.2 Å². The summed E-state index contributed by atoms with van der Waals surface area (Å²) in [5.74, 6) is 0.249. The van der Waals surface area contributed by atoms with E-state index < -0.39 is 5.60 Å². The Morgan fingerprint density at radius 3 is 2.60 bits per heavy atom. The molecule has 0 aromatic rings. The third-order valence-corrected chi connectivity index (χ3v) is 3.73. The van der Waals surface area contributed by atoms with E-state index in [0.717, 1.165) is 13.0 Å². The van der Waals surface area contributed by atoms with Crippen LogP contribution in [-0.2, 0) is 0 Å². The highest BCUT2D eigenvalue weighted by Crippen LogP contribution is 2.23. The molecular formula is C12H25NO2. The molecule has 1 aliphatic heterocycles. The van der Waals surface area contributed by atoms with Gasteiger partial charge in [-0.1, -0.05) is 20.3 Å². The topological polar surface area (TPSA) is 43.7 Å². The highest BCUT2D eigenvalue weighted by Gasteiger charge is 2.31.